The third-order valence-corrected chi connectivity index (χ3v) is 5.96. The lowest BCUT2D eigenvalue weighted by atomic mass is 9.92. The van der Waals surface area contributed by atoms with Crippen molar-refractivity contribution in [1.29, 1.82) is 0 Å². The number of carbonyl (C=O) groups excluding carboxylic acids is 1. The maximum Gasteiger partial charge on any atom is 0.240 e. The van der Waals surface area contributed by atoms with E-state index in [4.69, 9.17) is 0 Å². The molecule has 3 aliphatic rings. The van der Waals surface area contributed by atoms with E-state index in [9.17, 15) is 13.2 Å². The first-order chi connectivity index (χ1) is 10.0. The molecule has 0 aromatic heterocycles. The molecule has 1 fully saturated rings. The van der Waals surface area contributed by atoms with E-state index in [-0.39, 0.29) is 11.9 Å². The molecule has 0 radical (unpaired) electrons. The van der Waals surface area contributed by atoms with E-state index in [0.29, 0.717) is 17.7 Å². The first kappa shape index (κ1) is 13.3. The fraction of sp³-hybridized carbons (Fsp3) is 0.533. The van der Waals surface area contributed by atoms with Crippen molar-refractivity contribution in [1.82, 2.24) is 4.72 Å². The van der Waals surface area contributed by atoms with Crippen molar-refractivity contribution in [3.8, 4) is 0 Å². The summed E-state index contributed by atoms with van der Waals surface area (Å²) in [6, 6.07) is 3.63. The topological polar surface area (TPSA) is 66.5 Å². The Morgan fingerprint density at radius 3 is 2.52 bits per heavy atom. The Labute approximate surface area is 124 Å². The molecule has 112 valence electrons. The van der Waals surface area contributed by atoms with Crippen LogP contribution in [0.15, 0.2) is 17.0 Å². The molecular weight excluding hydrogens is 288 g/mol. The van der Waals surface area contributed by atoms with E-state index in [1.807, 2.05) is 4.90 Å². The van der Waals surface area contributed by atoms with E-state index >= 15 is 0 Å². The molecule has 6 heteroatoms. The highest BCUT2D eigenvalue weighted by Crippen LogP contribution is 2.37. The number of nitrogens with one attached hydrogen (secondary N) is 1. The molecule has 21 heavy (non-hydrogen) atoms. The number of anilines is 1. The van der Waals surface area contributed by atoms with Gasteiger partial charge in [0.2, 0.25) is 15.9 Å². The number of benzene rings is 1. The molecule has 5 nitrogen and oxygen atoms in total. The highest BCUT2D eigenvalue weighted by Gasteiger charge is 2.33. The Balaban J connectivity index is 1.80. The number of rotatable bonds is 3. The molecule has 2 heterocycles. The van der Waals surface area contributed by atoms with Gasteiger partial charge < -0.3 is 4.90 Å². The molecule has 1 aromatic rings. The Hall–Kier alpha value is -1.40. The summed E-state index contributed by atoms with van der Waals surface area (Å²) in [5, 5.41) is 0. The van der Waals surface area contributed by atoms with Gasteiger partial charge in [0.25, 0.3) is 0 Å². The van der Waals surface area contributed by atoms with Gasteiger partial charge in [-0.3, -0.25) is 4.79 Å². The van der Waals surface area contributed by atoms with Gasteiger partial charge in [-0.2, -0.15) is 0 Å². The zero-order chi connectivity index (χ0) is 14.6. The summed E-state index contributed by atoms with van der Waals surface area (Å²) in [5.41, 5.74) is 2.98. The largest absolute Gasteiger partial charge is 0.312 e. The molecule has 0 unspecified atom stereocenters. The van der Waals surface area contributed by atoms with Gasteiger partial charge in [-0.25, -0.2) is 13.1 Å². The third kappa shape index (κ3) is 2.26. The Morgan fingerprint density at radius 1 is 1.10 bits per heavy atom. The Kier molecular flexibility index (Phi) is 2.87. The van der Waals surface area contributed by atoms with E-state index in [1.54, 1.807) is 12.1 Å². The van der Waals surface area contributed by atoms with Gasteiger partial charge in [-0.05, 0) is 55.4 Å². The summed E-state index contributed by atoms with van der Waals surface area (Å²) in [7, 11) is -3.42. The van der Waals surface area contributed by atoms with Crippen LogP contribution in [0.3, 0.4) is 0 Å². The monoisotopic (exact) mass is 306 g/mol. The summed E-state index contributed by atoms with van der Waals surface area (Å²) >= 11 is 0. The second kappa shape index (κ2) is 4.55. The fourth-order valence-corrected chi connectivity index (χ4v) is 4.67. The quantitative estimate of drug-likeness (QED) is 0.917. The molecule has 1 aromatic carbocycles. The predicted molar refractivity (Wildman–Crippen MR) is 78.8 cm³/mol. The predicted octanol–water partition coefficient (Wildman–Crippen LogP) is 1.35. The molecule has 0 spiro atoms. The normalized spacial score (nSPS) is 21.3. The van der Waals surface area contributed by atoms with E-state index in [2.05, 4.69) is 4.72 Å². The minimum atomic E-state index is -3.42. The maximum atomic E-state index is 12.4. The Morgan fingerprint density at radius 2 is 1.81 bits per heavy atom. The van der Waals surface area contributed by atoms with Gasteiger partial charge in [-0.15, -0.1) is 0 Å². The minimum absolute atomic E-state index is 0.112. The number of carbonyl (C=O) groups is 1. The minimum Gasteiger partial charge on any atom is -0.312 e. The van der Waals surface area contributed by atoms with E-state index in [1.165, 1.54) is 0 Å². The fourth-order valence-electron chi connectivity index (χ4n) is 3.27. The van der Waals surface area contributed by atoms with Crippen LogP contribution in [0, 0.1) is 0 Å². The van der Waals surface area contributed by atoms with Gasteiger partial charge in [-0.1, -0.05) is 0 Å². The van der Waals surface area contributed by atoms with Crippen molar-refractivity contribution < 1.29 is 13.2 Å². The number of nitrogens with zero attached hydrogens (tertiary/aromatic N) is 1. The number of hydrogen-bond acceptors (Lipinski definition) is 3. The number of aryl methyl sites for hydroxylation is 2. The van der Waals surface area contributed by atoms with Crippen molar-refractivity contribution in [2.24, 2.45) is 0 Å². The van der Waals surface area contributed by atoms with Gasteiger partial charge in [0.05, 0.1) is 10.6 Å². The highest BCUT2D eigenvalue weighted by atomic mass is 32.2. The second-order valence-corrected chi connectivity index (χ2v) is 7.85. The molecule has 0 saturated heterocycles. The molecule has 1 amide bonds. The smallest absolute Gasteiger partial charge is 0.240 e. The number of amides is 1. The van der Waals surface area contributed by atoms with Gasteiger partial charge in [0.1, 0.15) is 0 Å². The Bertz CT molecular complexity index is 705. The standard InChI is InChI=1S/C15H18N2O3S/c18-14-6-3-11-9-13(21(19,20)16-12-4-5-12)8-10-2-1-7-17(14)15(10)11/h8-9,12,16H,1-7H2. The molecule has 0 atom stereocenters. The third-order valence-electron chi connectivity index (χ3n) is 4.46. The summed E-state index contributed by atoms with van der Waals surface area (Å²) in [6.45, 7) is 0.755. The van der Waals surface area contributed by atoms with Crippen molar-refractivity contribution in [2.75, 3.05) is 11.4 Å². The molecule has 2 aliphatic heterocycles. The zero-order valence-corrected chi connectivity index (χ0v) is 12.6. The van der Waals surface area contributed by atoms with Crippen LogP contribution < -0.4 is 9.62 Å². The van der Waals surface area contributed by atoms with Crippen LogP contribution in [0.2, 0.25) is 0 Å². The van der Waals surface area contributed by atoms with Crippen LogP contribution in [0.5, 0.6) is 0 Å². The van der Waals surface area contributed by atoms with Crippen LogP contribution in [0.25, 0.3) is 0 Å². The van der Waals surface area contributed by atoms with Crippen molar-refractivity contribution in [3.05, 3.63) is 23.3 Å². The molecule has 4 rings (SSSR count). The van der Waals surface area contributed by atoms with Crippen molar-refractivity contribution in [2.45, 2.75) is 49.5 Å². The van der Waals surface area contributed by atoms with Crippen molar-refractivity contribution >= 4 is 21.6 Å². The zero-order valence-electron chi connectivity index (χ0n) is 11.8. The number of sulfonamides is 1. The summed E-state index contributed by atoms with van der Waals surface area (Å²) in [5.74, 6) is 0.162. The van der Waals surface area contributed by atoms with Crippen molar-refractivity contribution in [3.63, 3.8) is 0 Å². The lowest BCUT2D eigenvalue weighted by Gasteiger charge is -2.35. The lowest BCUT2D eigenvalue weighted by molar-refractivity contribution is -0.119. The second-order valence-electron chi connectivity index (χ2n) is 6.13. The lowest BCUT2D eigenvalue weighted by Crippen LogP contribution is -2.39. The molecule has 0 bridgehead atoms. The first-order valence-corrected chi connectivity index (χ1v) is 9.01. The molecular formula is C15H18N2O3S. The average Bonchev–Trinajstić information content (AvgIpc) is 3.26. The summed E-state index contributed by atoms with van der Waals surface area (Å²) in [4.78, 5) is 14.2. The number of hydrogen-bond donors (Lipinski definition) is 1. The van der Waals surface area contributed by atoms with Crippen LogP contribution >= 0.6 is 0 Å². The van der Waals surface area contributed by atoms with Gasteiger partial charge in [0, 0.05) is 19.0 Å². The van der Waals surface area contributed by atoms with Crippen LogP contribution in [-0.4, -0.2) is 26.9 Å². The summed E-state index contributed by atoms with van der Waals surface area (Å²) in [6.07, 6.45) is 4.73. The van der Waals surface area contributed by atoms with Crippen LogP contribution in [0.4, 0.5) is 5.69 Å². The molecule has 1 aliphatic carbocycles. The van der Waals surface area contributed by atoms with E-state index < -0.39 is 10.0 Å². The molecule has 1 N–H and O–H groups in total. The van der Waals surface area contributed by atoms with Gasteiger partial charge in [0.15, 0.2) is 0 Å². The van der Waals surface area contributed by atoms with Crippen LogP contribution in [-0.2, 0) is 27.7 Å². The summed E-state index contributed by atoms with van der Waals surface area (Å²) < 4.78 is 27.6. The first-order valence-electron chi connectivity index (χ1n) is 7.53. The SMILES string of the molecule is O=C1CCc2cc(S(=O)(=O)NC3CC3)cc3c2N1CCC3. The molecule has 1 saturated carbocycles. The van der Waals surface area contributed by atoms with Crippen LogP contribution in [0.1, 0.15) is 36.8 Å². The maximum absolute atomic E-state index is 12.4. The van der Waals surface area contributed by atoms with Gasteiger partial charge >= 0.3 is 0 Å². The highest BCUT2D eigenvalue weighted by molar-refractivity contribution is 7.89. The van der Waals surface area contributed by atoms with E-state index in [0.717, 1.165) is 49.0 Å². The average molecular weight is 306 g/mol.